The van der Waals surface area contributed by atoms with Crippen LogP contribution >= 0.6 is 0 Å². The van der Waals surface area contributed by atoms with Gasteiger partial charge in [0, 0.05) is 0 Å². The molecule has 68 valence electrons. The maximum atomic E-state index is 11.3. The molecule has 0 fully saturated rings. The average Bonchev–Trinajstić information content (AvgIpc) is 2.05. The third-order valence-corrected chi connectivity index (χ3v) is 3.07. The van der Waals surface area contributed by atoms with E-state index in [2.05, 4.69) is 4.85 Å². The van der Waals surface area contributed by atoms with Gasteiger partial charge in [-0.2, -0.15) is 0 Å². The Labute approximate surface area is 77.8 Å². The van der Waals surface area contributed by atoms with Crippen LogP contribution in [0.4, 0.5) is 0 Å². The van der Waals surface area contributed by atoms with Crippen LogP contribution in [0.1, 0.15) is 5.56 Å². The Bertz CT molecular complexity index is 426. The Kier molecular flexibility index (Phi) is 2.69. The molecule has 0 N–H and O–H groups in total. The predicted molar refractivity (Wildman–Crippen MR) is 49.8 cm³/mol. The third kappa shape index (κ3) is 2.30. The normalized spacial score (nSPS) is 10.8. The van der Waals surface area contributed by atoms with E-state index < -0.39 is 15.7 Å². The van der Waals surface area contributed by atoms with E-state index in [-0.39, 0.29) is 4.90 Å². The minimum Gasteiger partial charge on any atom is -0.299 e. The van der Waals surface area contributed by atoms with Crippen LogP contribution in [0.15, 0.2) is 29.2 Å². The summed E-state index contributed by atoms with van der Waals surface area (Å²) < 4.78 is 22.7. The average molecular weight is 197 g/mol. The van der Waals surface area contributed by atoms with Crippen molar-refractivity contribution in [2.24, 2.45) is 0 Å². The summed E-state index contributed by atoms with van der Waals surface area (Å²) in [6.45, 7) is 8.38. The molecule has 0 radical (unpaired) electrons. The minimum atomic E-state index is -3.38. The molecule has 0 saturated carbocycles. The molecule has 1 aromatic rings. The monoisotopic (exact) mass is 197 g/mol. The Morgan fingerprint density at radius 3 is 2.31 bits per heavy atom. The molecular weight excluding hydrogens is 188 g/mol. The lowest BCUT2D eigenvalue weighted by atomic mass is 10.2. The lowest BCUT2D eigenvalue weighted by molar-refractivity contribution is 0.599. The number of aryl methyl sites for hydroxylation is 1. The van der Waals surface area contributed by atoms with Crippen LogP contribution in [0.3, 0.4) is 0 Å². The van der Waals surface area contributed by atoms with Crippen molar-refractivity contribution >= 4 is 9.84 Å². The van der Waals surface area contributed by atoms with Gasteiger partial charge in [0.25, 0.3) is 9.84 Å². The number of hydrogen-bond acceptors (Lipinski definition) is 2. The fourth-order valence-corrected chi connectivity index (χ4v) is 1.77. The van der Waals surface area contributed by atoms with Crippen LogP contribution in [0.5, 0.6) is 0 Å². The number of hydrogen-bond donors (Lipinski definition) is 0. The lowest BCUT2D eigenvalue weighted by Gasteiger charge is -1.97. The molecule has 0 spiro atoms. The zero-order valence-corrected chi connectivity index (χ0v) is 8.00. The van der Waals surface area contributed by atoms with Gasteiger partial charge in [0.05, 0.1) is 4.90 Å². The van der Waals surface area contributed by atoms with Crippen molar-refractivity contribution in [1.82, 2.24) is 0 Å². The smallest absolute Gasteiger partial charge is 0.299 e. The zero-order chi connectivity index (χ0) is 9.90. The van der Waals surface area contributed by atoms with Gasteiger partial charge < -0.3 is 0 Å². The van der Waals surface area contributed by atoms with Crippen LogP contribution < -0.4 is 0 Å². The lowest BCUT2D eigenvalue weighted by Crippen LogP contribution is -2.02. The van der Waals surface area contributed by atoms with Crippen molar-refractivity contribution in [2.75, 3.05) is 5.88 Å². The van der Waals surface area contributed by atoms with Crippen molar-refractivity contribution < 1.29 is 8.42 Å². The molecule has 0 amide bonds. The summed E-state index contributed by atoms with van der Waals surface area (Å²) in [5.41, 5.74) is 1.00. The standard InChI is InChI=1S/C9H9NO2S/c1-8-3-5-9(6-4-8)13(11,12)7-10-2/h3-6H,7H2,1H3/i7+2. The highest BCUT2D eigenvalue weighted by atomic mass is 32.2. The minimum absolute atomic E-state index is 0.217. The van der Waals surface area contributed by atoms with Crippen LogP contribution in [0.25, 0.3) is 4.85 Å². The summed E-state index contributed by atoms with van der Waals surface area (Å²) in [5, 5.41) is 0. The SMILES string of the molecule is [C-]#[N+][14CH2]S(=O)(=O)c1ccc(C)cc1. The molecule has 0 aliphatic heterocycles. The van der Waals surface area contributed by atoms with Crippen molar-refractivity contribution in [3.8, 4) is 0 Å². The topological polar surface area (TPSA) is 38.5 Å². The molecule has 0 atom stereocenters. The van der Waals surface area contributed by atoms with Gasteiger partial charge in [-0.1, -0.05) is 17.7 Å². The highest BCUT2D eigenvalue weighted by molar-refractivity contribution is 7.91. The molecule has 1 aromatic carbocycles. The quantitative estimate of drug-likeness (QED) is 0.676. The highest BCUT2D eigenvalue weighted by Gasteiger charge is 2.16. The second kappa shape index (κ2) is 3.58. The third-order valence-electron chi connectivity index (χ3n) is 1.61. The van der Waals surface area contributed by atoms with Gasteiger partial charge in [-0.05, 0) is 19.1 Å². The summed E-state index contributed by atoms with van der Waals surface area (Å²) in [7, 11) is -3.38. The Morgan fingerprint density at radius 2 is 1.85 bits per heavy atom. The van der Waals surface area contributed by atoms with Crippen molar-refractivity contribution in [1.29, 1.82) is 0 Å². The van der Waals surface area contributed by atoms with Crippen LogP contribution in [-0.2, 0) is 9.84 Å². The maximum Gasteiger partial charge on any atom is 0.316 e. The second-order valence-electron chi connectivity index (χ2n) is 2.72. The molecular formula is C9H9NO2S. The molecule has 0 aliphatic rings. The van der Waals surface area contributed by atoms with Gasteiger partial charge in [0.1, 0.15) is 0 Å². The molecule has 0 saturated heterocycles. The van der Waals surface area contributed by atoms with E-state index in [1.54, 1.807) is 12.1 Å². The number of nitrogens with zero attached hydrogens (tertiary/aromatic N) is 1. The first-order valence-corrected chi connectivity index (χ1v) is 5.34. The predicted octanol–water partition coefficient (Wildman–Crippen LogP) is 1.65. The van der Waals surface area contributed by atoms with Gasteiger partial charge in [-0.3, -0.25) is 4.85 Å². The summed E-state index contributed by atoms with van der Waals surface area (Å²) >= 11 is 0. The largest absolute Gasteiger partial charge is 0.316 e. The molecule has 0 heterocycles. The molecule has 4 heteroatoms. The molecule has 3 nitrogen and oxygen atoms in total. The first kappa shape index (κ1) is 9.75. The van der Waals surface area contributed by atoms with E-state index in [1.165, 1.54) is 12.1 Å². The van der Waals surface area contributed by atoms with E-state index in [4.69, 9.17) is 6.57 Å². The van der Waals surface area contributed by atoms with E-state index >= 15 is 0 Å². The van der Waals surface area contributed by atoms with Crippen molar-refractivity contribution in [3.05, 3.63) is 41.2 Å². The fourth-order valence-electron chi connectivity index (χ4n) is 0.905. The molecule has 13 heavy (non-hydrogen) atoms. The maximum absolute atomic E-state index is 11.3. The molecule has 1 rings (SSSR count). The number of rotatable bonds is 2. The Morgan fingerprint density at radius 1 is 1.31 bits per heavy atom. The van der Waals surface area contributed by atoms with Gasteiger partial charge in [-0.15, -0.1) is 0 Å². The first-order valence-electron chi connectivity index (χ1n) is 3.69. The van der Waals surface area contributed by atoms with Gasteiger partial charge >= 0.3 is 5.88 Å². The van der Waals surface area contributed by atoms with Gasteiger partial charge in [0.2, 0.25) is 0 Å². The van der Waals surface area contributed by atoms with Crippen LogP contribution in [0, 0.1) is 13.5 Å². The number of sulfone groups is 1. The highest BCUT2D eigenvalue weighted by Crippen LogP contribution is 2.11. The fraction of sp³-hybridized carbons (Fsp3) is 0.222. The van der Waals surface area contributed by atoms with E-state index in [9.17, 15) is 8.42 Å². The molecule has 0 unspecified atom stereocenters. The van der Waals surface area contributed by atoms with Crippen molar-refractivity contribution in [2.45, 2.75) is 11.8 Å². The first-order chi connectivity index (χ1) is 6.06. The summed E-state index contributed by atoms with van der Waals surface area (Å²) in [5.74, 6) is -0.476. The van der Waals surface area contributed by atoms with Crippen molar-refractivity contribution in [3.63, 3.8) is 0 Å². The number of benzene rings is 1. The summed E-state index contributed by atoms with van der Waals surface area (Å²) in [6.07, 6.45) is 0. The molecule has 0 aromatic heterocycles. The summed E-state index contributed by atoms with van der Waals surface area (Å²) in [6, 6.07) is 6.49. The van der Waals surface area contributed by atoms with E-state index in [0.717, 1.165) is 5.56 Å². The van der Waals surface area contributed by atoms with Gasteiger partial charge in [0.15, 0.2) is 0 Å². The Hall–Kier alpha value is -1.34. The van der Waals surface area contributed by atoms with Crippen LogP contribution in [-0.4, -0.2) is 14.3 Å². The molecule has 0 bridgehead atoms. The zero-order valence-electron chi connectivity index (χ0n) is 7.19. The Balaban J connectivity index is 3.11. The molecule has 0 aliphatic carbocycles. The van der Waals surface area contributed by atoms with E-state index in [0.29, 0.717) is 0 Å². The van der Waals surface area contributed by atoms with Gasteiger partial charge in [-0.25, -0.2) is 15.0 Å². The van der Waals surface area contributed by atoms with Crippen LogP contribution in [0.2, 0.25) is 0 Å². The second-order valence-corrected chi connectivity index (χ2v) is 4.67. The summed E-state index contributed by atoms with van der Waals surface area (Å²) in [4.78, 5) is 3.08. The van der Waals surface area contributed by atoms with E-state index in [1.807, 2.05) is 6.92 Å².